The molecule has 8 nitrogen and oxygen atoms in total. The molecule has 0 spiro atoms. The quantitative estimate of drug-likeness (QED) is 0.877. The fourth-order valence-corrected chi connectivity index (χ4v) is 3.21. The number of hydrogen-bond acceptors (Lipinski definition) is 6. The van der Waals surface area contributed by atoms with Crippen molar-refractivity contribution in [1.29, 1.82) is 0 Å². The summed E-state index contributed by atoms with van der Waals surface area (Å²) < 4.78 is 10.7. The number of nitrogens with zero attached hydrogens (tertiary/aromatic N) is 3. The standard InChI is InChI=1S/C20H22N4O4/c1-20(2,3)19-21-8-13(9-22-19)23-18(26)12-6-17(25)24(10-12)14-4-5-15-16(7-14)28-11-27-15/h4-5,7-9,12H,6,10-11H2,1-3H3,(H,23,26). The Morgan fingerprint density at radius 1 is 1.18 bits per heavy atom. The van der Waals surface area contributed by atoms with Crippen LogP contribution in [-0.4, -0.2) is 35.1 Å². The van der Waals surface area contributed by atoms with E-state index in [1.54, 1.807) is 35.5 Å². The molecule has 2 amide bonds. The van der Waals surface area contributed by atoms with Crippen molar-refractivity contribution in [3.05, 3.63) is 36.4 Å². The minimum absolute atomic E-state index is 0.0988. The van der Waals surface area contributed by atoms with Crippen LogP contribution in [0.15, 0.2) is 30.6 Å². The molecule has 3 heterocycles. The van der Waals surface area contributed by atoms with E-state index >= 15 is 0 Å². The summed E-state index contributed by atoms with van der Waals surface area (Å²) in [6, 6.07) is 5.33. The van der Waals surface area contributed by atoms with E-state index in [1.165, 1.54) is 0 Å². The lowest BCUT2D eigenvalue weighted by Gasteiger charge is -2.18. The average Bonchev–Trinajstić information content (AvgIpc) is 3.27. The van der Waals surface area contributed by atoms with Crippen LogP contribution < -0.4 is 19.7 Å². The molecule has 1 unspecified atom stereocenters. The van der Waals surface area contributed by atoms with Gasteiger partial charge >= 0.3 is 0 Å². The third-order valence-electron chi connectivity index (χ3n) is 4.75. The van der Waals surface area contributed by atoms with Gasteiger partial charge in [0.05, 0.1) is 24.0 Å². The van der Waals surface area contributed by atoms with E-state index in [9.17, 15) is 9.59 Å². The highest BCUT2D eigenvalue weighted by atomic mass is 16.7. The van der Waals surface area contributed by atoms with Crippen molar-refractivity contribution in [2.24, 2.45) is 5.92 Å². The van der Waals surface area contributed by atoms with Crippen molar-refractivity contribution >= 4 is 23.2 Å². The van der Waals surface area contributed by atoms with E-state index < -0.39 is 5.92 Å². The molecule has 2 aromatic rings. The summed E-state index contributed by atoms with van der Waals surface area (Å²) in [7, 11) is 0. The normalized spacial score (nSPS) is 18.5. The van der Waals surface area contributed by atoms with Gasteiger partial charge in [0.2, 0.25) is 18.6 Å². The van der Waals surface area contributed by atoms with Crippen LogP contribution in [0.4, 0.5) is 11.4 Å². The molecule has 0 radical (unpaired) electrons. The van der Waals surface area contributed by atoms with Crippen molar-refractivity contribution < 1.29 is 19.1 Å². The first-order chi connectivity index (χ1) is 13.3. The second kappa shape index (κ2) is 6.78. The van der Waals surface area contributed by atoms with Gasteiger partial charge in [0.25, 0.3) is 0 Å². The molecule has 1 saturated heterocycles. The van der Waals surface area contributed by atoms with Crippen molar-refractivity contribution in [1.82, 2.24) is 9.97 Å². The molecule has 1 aromatic heterocycles. The van der Waals surface area contributed by atoms with Crippen LogP contribution in [0.25, 0.3) is 0 Å². The molecular formula is C20H22N4O4. The molecule has 146 valence electrons. The van der Waals surface area contributed by atoms with E-state index in [1.807, 2.05) is 20.8 Å². The molecule has 1 fully saturated rings. The maximum Gasteiger partial charge on any atom is 0.231 e. The molecule has 0 bridgehead atoms. The summed E-state index contributed by atoms with van der Waals surface area (Å²) in [5.74, 6) is 1.20. The number of aromatic nitrogens is 2. The van der Waals surface area contributed by atoms with E-state index in [4.69, 9.17) is 9.47 Å². The zero-order valence-electron chi connectivity index (χ0n) is 16.1. The Labute approximate surface area is 162 Å². The zero-order valence-corrected chi connectivity index (χ0v) is 16.1. The second-order valence-corrected chi connectivity index (χ2v) is 7.98. The predicted octanol–water partition coefficient (Wildman–Crippen LogP) is 2.49. The second-order valence-electron chi connectivity index (χ2n) is 7.98. The van der Waals surface area contributed by atoms with Gasteiger partial charge in [0.1, 0.15) is 5.82 Å². The van der Waals surface area contributed by atoms with Gasteiger partial charge in [-0.15, -0.1) is 0 Å². The molecule has 2 aliphatic heterocycles. The van der Waals surface area contributed by atoms with Crippen LogP contribution in [0.1, 0.15) is 33.0 Å². The molecule has 1 N–H and O–H groups in total. The lowest BCUT2D eigenvalue weighted by molar-refractivity contribution is -0.122. The number of benzene rings is 1. The average molecular weight is 382 g/mol. The van der Waals surface area contributed by atoms with Crippen molar-refractivity contribution in [2.75, 3.05) is 23.6 Å². The minimum atomic E-state index is -0.444. The predicted molar refractivity (Wildman–Crippen MR) is 102 cm³/mol. The van der Waals surface area contributed by atoms with E-state index in [0.29, 0.717) is 35.2 Å². The monoisotopic (exact) mass is 382 g/mol. The van der Waals surface area contributed by atoms with Gasteiger partial charge in [-0.05, 0) is 12.1 Å². The molecule has 28 heavy (non-hydrogen) atoms. The van der Waals surface area contributed by atoms with Crippen LogP contribution >= 0.6 is 0 Å². The third-order valence-corrected chi connectivity index (χ3v) is 4.75. The number of carbonyl (C=O) groups is 2. The van der Waals surface area contributed by atoms with Gasteiger partial charge in [-0.1, -0.05) is 20.8 Å². The molecule has 1 atom stereocenters. The largest absolute Gasteiger partial charge is 0.454 e. The number of rotatable bonds is 3. The third kappa shape index (κ3) is 3.49. The van der Waals surface area contributed by atoms with Gasteiger partial charge in [0, 0.05) is 30.1 Å². The summed E-state index contributed by atoms with van der Waals surface area (Å²) in [4.78, 5) is 35.3. The zero-order chi connectivity index (χ0) is 19.9. The number of nitrogens with one attached hydrogen (secondary N) is 1. The molecule has 8 heteroatoms. The van der Waals surface area contributed by atoms with Gasteiger partial charge in [-0.2, -0.15) is 0 Å². The Morgan fingerprint density at radius 3 is 2.61 bits per heavy atom. The van der Waals surface area contributed by atoms with Gasteiger partial charge < -0.3 is 19.7 Å². The Bertz CT molecular complexity index is 921. The highest BCUT2D eigenvalue weighted by molar-refractivity contribution is 6.03. The number of amides is 2. The van der Waals surface area contributed by atoms with Crippen molar-refractivity contribution in [2.45, 2.75) is 32.6 Å². The SMILES string of the molecule is CC(C)(C)c1ncc(NC(=O)C2CC(=O)N(c3ccc4c(c3)OCO4)C2)cn1. The highest BCUT2D eigenvalue weighted by Gasteiger charge is 2.35. The Morgan fingerprint density at radius 2 is 1.89 bits per heavy atom. The van der Waals surface area contributed by atoms with Crippen molar-refractivity contribution in [3.8, 4) is 11.5 Å². The first-order valence-electron chi connectivity index (χ1n) is 9.15. The Hall–Kier alpha value is -3.16. The minimum Gasteiger partial charge on any atom is -0.454 e. The fraction of sp³-hybridized carbons (Fsp3) is 0.400. The van der Waals surface area contributed by atoms with Crippen LogP contribution in [0, 0.1) is 5.92 Å². The lowest BCUT2D eigenvalue weighted by atomic mass is 9.96. The number of anilines is 2. The Balaban J connectivity index is 1.43. The summed E-state index contributed by atoms with van der Waals surface area (Å²) >= 11 is 0. The molecule has 1 aromatic carbocycles. The molecule has 0 saturated carbocycles. The first kappa shape index (κ1) is 18.2. The van der Waals surface area contributed by atoms with E-state index in [0.717, 1.165) is 0 Å². The van der Waals surface area contributed by atoms with Crippen molar-refractivity contribution in [3.63, 3.8) is 0 Å². The van der Waals surface area contributed by atoms with Gasteiger partial charge in [0.15, 0.2) is 11.5 Å². The van der Waals surface area contributed by atoms with Gasteiger partial charge in [-0.3, -0.25) is 9.59 Å². The summed E-state index contributed by atoms with van der Waals surface area (Å²) in [5.41, 5.74) is 1.06. The molecule has 0 aliphatic carbocycles. The van der Waals surface area contributed by atoms with Crippen LogP contribution in [0.3, 0.4) is 0 Å². The fourth-order valence-electron chi connectivity index (χ4n) is 3.21. The van der Waals surface area contributed by atoms with E-state index in [2.05, 4.69) is 15.3 Å². The molecule has 4 rings (SSSR count). The molecular weight excluding hydrogens is 360 g/mol. The van der Waals surface area contributed by atoms with Gasteiger partial charge in [-0.25, -0.2) is 9.97 Å². The van der Waals surface area contributed by atoms with Crippen LogP contribution in [0.5, 0.6) is 11.5 Å². The van der Waals surface area contributed by atoms with Crippen LogP contribution in [0.2, 0.25) is 0 Å². The number of fused-ring (bicyclic) bond motifs is 1. The molecule has 2 aliphatic rings. The topological polar surface area (TPSA) is 93.7 Å². The maximum atomic E-state index is 12.6. The number of ether oxygens (including phenoxy) is 2. The number of carbonyl (C=O) groups excluding carboxylic acids is 2. The van der Waals surface area contributed by atoms with E-state index in [-0.39, 0.29) is 30.4 Å². The summed E-state index contributed by atoms with van der Waals surface area (Å²) in [5, 5.41) is 2.81. The Kier molecular flexibility index (Phi) is 4.41. The first-order valence-corrected chi connectivity index (χ1v) is 9.15. The summed E-state index contributed by atoms with van der Waals surface area (Å²) in [6.07, 6.45) is 3.34. The lowest BCUT2D eigenvalue weighted by Crippen LogP contribution is -2.28. The van der Waals surface area contributed by atoms with Crippen LogP contribution in [-0.2, 0) is 15.0 Å². The number of hydrogen-bond donors (Lipinski definition) is 1. The maximum absolute atomic E-state index is 12.6. The summed E-state index contributed by atoms with van der Waals surface area (Å²) in [6.45, 7) is 6.55. The highest BCUT2D eigenvalue weighted by Crippen LogP contribution is 2.37. The smallest absolute Gasteiger partial charge is 0.231 e.